The van der Waals surface area contributed by atoms with Crippen LogP contribution in [0.15, 0.2) is 30.5 Å². The lowest BCUT2D eigenvalue weighted by atomic mass is 10.1. The Hall–Kier alpha value is -2.41. The average molecular weight is 358 g/mol. The first kappa shape index (κ1) is 17.4. The molecule has 3 rings (SSSR count). The first-order valence-electron chi connectivity index (χ1n) is 8.30. The van der Waals surface area contributed by atoms with Crippen molar-refractivity contribution in [2.24, 2.45) is 5.92 Å². The van der Waals surface area contributed by atoms with Gasteiger partial charge in [-0.05, 0) is 30.2 Å². The van der Waals surface area contributed by atoms with E-state index in [0.29, 0.717) is 24.0 Å². The molecule has 2 aromatic heterocycles. The number of ether oxygens (including phenoxy) is 1. The number of nitrogens with zero attached hydrogens (tertiary/aromatic N) is 3. The van der Waals surface area contributed by atoms with Crippen LogP contribution in [0.1, 0.15) is 25.3 Å². The molecule has 0 saturated carbocycles. The zero-order valence-corrected chi connectivity index (χ0v) is 15.5. The SMILES string of the molecule is COc1ccc2c(ccn2CCC(=O)Nc2nnc(CC(C)C)s2)c1. The van der Waals surface area contributed by atoms with Gasteiger partial charge < -0.3 is 14.6 Å². The van der Waals surface area contributed by atoms with Crippen LogP contribution >= 0.6 is 11.3 Å². The van der Waals surface area contributed by atoms with Gasteiger partial charge in [0.25, 0.3) is 0 Å². The Morgan fingerprint density at radius 2 is 2.16 bits per heavy atom. The van der Waals surface area contributed by atoms with Crippen LogP contribution < -0.4 is 10.1 Å². The summed E-state index contributed by atoms with van der Waals surface area (Å²) in [5.41, 5.74) is 1.09. The normalized spacial score (nSPS) is 11.2. The van der Waals surface area contributed by atoms with Crippen LogP contribution in [0, 0.1) is 5.92 Å². The number of fused-ring (bicyclic) bond motifs is 1. The Labute approximate surface area is 150 Å². The van der Waals surface area contributed by atoms with E-state index in [-0.39, 0.29) is 5.91 Å². The maximum absolute atomic E-state index is 12.2. The molecule has 0 atom stereocenters. The molecule has 0 radical (unpaired) electrons. The van der Waals surface area contributed by atoms with E-state index in [4.69, 9.17) is 4.74 Å². The maximum atomic E-state index is 12.2. The first-order valence-corrected chi connectivity index (χ1v) is 9.12. The minimum absolute atomic E-state index is 0.0531. The fourth-order valence-electron chi connectivity index (χ4n) is 2.64. The molecule has 0 aliphatic carbocycles. The Bertz CT molecular complexity index is 869. The standard InChI is InChI=1S/C18H22N4O2S/c1-12(2)10-17-20-21-18(25-17)19-16(23)7-9-22-8-6-13-11-14(24-3)4-5-15(13)22/h4-6,8,11-12H,7,9-10H2,1-3H3,(H,19,21,23). The lowest BCUT2D eigenvalue weighted by molar-refractivity contribution is -0.116. The van der Waals surface area contributed by atoms with Crippen LogP contribution in [0.3, 0.4) is 0 Å². The molecule has 7 heteroatoms. The Balaban J connectivity index is 1.58. The number of rotatable bonds is 7. The zero-order valence-electron chi connectivity index (χ0n) is 14.7. The molecule has 0 aliphatic rings. The molecule has 2 heterocycles. The van der Waals surface area contributed by atoms with Crippen LogP contribution in [0.25, 0.3) is 10.9 Å². The summed E-state index contributed by atoms with van der Waals surface area (Å²) >= 11 is 1.44. The molecule has 0 fully saturated rings. The van der Waals surface area contributed by atoms with E-state index in [1.807, 2.05) is 30.5 Å². The molecule has 0 spiro atoms. The lowest BCUT2D eigenvalue weighted by Crippen LogP contribution is -2.14. The second-order valence-corrected chi connectivity index (χ2v) is 7.39. The van der Waals surface area contributed by atoms with Crippen molar-refractivity contribution in [3.63, 3.8) is 0 Å². The van der Waals surface area contributed by atoms with Crippen molar-refractivity contribution in [2.75, 3.05) is 12.4 Å². The highest BCUT2D eigenvalue weighted by Gasteiger charge is 2.10. The summed E-state index contributed by atoms with van der Waals surface area (Å²) in [6.07, 6.45) is 3.25. The van der Waals surface area contributed by atoms with Gasteiger partial charge in [0, 0.05) is 36.5 Å². The number of hydrogen-bond donors (Lipinski definition) is 1. The van der Waals surface area contributed by atoms with Crippen molar-refractivity contribution >= 4 is 33.3 Å². The number of hydrogen-bond acceptors (Lipinski definition) is 5. The van der Waals surface area contributed by atoms with Crippen LogP contribution in [0.5, 0.6) is 5.75 Å². The number of amides is 1. The van der Waals surface area contributed by atoms with Crippen LogP contribution in [-0.4, -0.2) is 27.8 Å². The largest absolute Gasteiger partial charge is 0.497 e. The quantitative estimate of drug-likeness (QED) is 0.699. The number of anilines is 1. The highest BCUT2D eigenvalue weighted by molar-refractivity contribution is 7.15. The molecular weight excluding hydrogens is 336 g/mol. The summed E-state index contributed by atoms with van der Waals surface area (Å²) in [6, 6.07) is 7.95. The van der Waals surface area contributed by atoms with Gasteiger partial charge in [-0.1, -0.05) is 25.2 Å². The van der Waals surface area contributed by atoms with Crippen LogP contribution in [-0.2, 0) is 17.8 Å². The fraction of sp³-hybridized carbons (Fsp3) is 0.389. The van der Waals surface area contributed by atoms with Gasteiger partial charge in [0.1, 0.15) is 10.8 Å². The van der Waals surface area contributed by atoms with Crippen molar-refractivity contribution in [1.82, 2.24) is 14.8 Å². The second kappa shape index (κ2) is 7.65. The van der Waals surface area contributed by atoms with Crippen LogP contribution in [0.4, 0.5) is 5.13 Å². The van der Waals surface area contributed by atoms with E-state index in [2.05, 4.69) is 33.9 Å². The highest BCUT2D eigenvalue weighted by atomic mass is 32.1. The molecule has 6 nitrogen and oxygen atoms in total. The Morgan fingerprint density at radius 3 is 2.92 bits per heavy atom. The smallest absolute Gasteiger partial charge is 0.227 e. The van der Waals surface area contributed by atoms with Gasteiger partial charge in [-0.3, -0.25) is 4.79 Å². The number of aryl methyl sites for hydroxylation is 1. The molecule has 1 aromatic carbocycles. The second-order valence-electron chi connectivity index (χ2n) is 6.33. The van der Waals surface area contributed by atoms with Gasteiger partial charge in [0.2, 0.25) is 11.0 Å². The minimum Gasteiger partial charge on any atom is -0.497 e. The van der Waals surface area contributed by atoms with Crippen molar-refractivity contribution in [3.05, 3.63) is 35.5 Å². The van der Waals surface area contributed by atoms with E-state index < -0.39 is 0 Å². The monoisotopic (exact) mass is 358 g/mol. The third-order valence-corrected chi connectivity index (χ3v) is 4.72. The van der Waals surface area contributed by atoms with E-state index in [0.717, 1.165) is 28.1 Å². The van der Waals surface area contributed by atoms with Crippen LogP contribution in [0.2, 0.25) is 0 Å². The van der Waals surface area contributed by atoms with Gasteiger partial charge in [0.05, 0.1) is 7.11 Å². The molecule has 0 saturated heterocycles. The third kappa shape index (κ3) is 4.36. The van der Waals surface area contributed by atoms with Crippen molar-refractivity contribution in [3.8, 4) is 5.75 Å². The number of carbonyl (C=O) groups is 1. The summed E-state index contributed by atoms with van der Waals surface area (Å²) in [4.78, 5) is 12.2. The number of methoxy groups -OCH3 is 1. The van der Waals surface area contributed by atoms with Crippen molar-refractivity contribution in [1.29, 1.82) is 0 Å². The summed E-state index contributed by atoms with van der Waals surface area (Å²) in [5.74, 6) is 1.30. The summed E-state index contributed by atoms with van der Waals surface area (Å²) in [5, 5.41) is 13.6. The maximum Gasteiger partial charge on any atom is 0.227 e. The minimum atomic E-state index is -0.0531. The lowest BCUT2D eigenvalue weighted by Gasteiger charge is -2.06. The predicted molar refractivity (Wildman–Crippen MR) is 100 cm³/mol. The molecular formula is C18H22N4O2S. The highest BCUT2D eigenvalue weighted by Crippen LogP contribution is 2.22. The Kier molecular flexibility index (Phi) is 5.33. The van der Waals surface area contributed by atoms with Crippen molar-refractivity contribution in [2.45, 2.75) is 33.2 Å². The van der Waals surface area contributed by atoms with Gasteiger partial charge >= 0.3 is 0 Å². The van der Waals surface area contributed by atoms with E-state index in [1.165, 1.54) is 11.3 Å². The van der Waals surface area contributed by atoms with Gasteiger partial charge in [-0.2, -0.15) is 0 Å². The Morgan fingerprint density at radius 1 is 1.32 bits per heavy atom. The molecule has 0 bridgehead atoms. The molecule has 1 N–H and O–H groups in total. The zero-order chi connectivity index (χ0) is 17.8. The number of nitrogens with one attached hydrogen (secondary N) is 1. The molecule has 132 valence electrons. The number of carbonyl (C=O) groups excluding carboxylic acids is 1. The van der Waals surface area contributed by atoms with Gasteiger partial charge in [-0.15, -0.1) is 10.2 Å². The molecule has 3 aromatic rings. The summed E-state index contributed by atoms with van der Waals surface area (Å²) in [7, 11) is 1.66. The van der Waals surface area contributed by atoms with E-state index >= 15 is 0 Å². The molecule has 0 aliphatic heterocycles. The summed E-state index contributed by atoms with van der Waals surface area (Å²) < 4.78 is 7.31. The first-order chi connectivity index (χ1) is 12.0. The van der Waals surface area contributed by atoms with Crippen molar-refractivity contribution < 1.29 is 9.53 Å². The fourth-order valence-corrected chi connectivity index (χ4v) is 3.61. The average Bonchev–Trinajstić information content (AvgIpc) is 3.18. The van der Waals surface area contributed by atoms with E-state index in [9.17, 15) is 4.79 Å². The topological polar surface area (TPSA) is 69.0 Å². The van der Waals surface area contributed by atoms with E-state index in [1.54, 1.807) is 7.11 Å². The number of benzene rings is 1. The third-order valence-electron chi connectivity index (χ3n) is 3.85. The predicted octanol–water partition coefficient (Wildman–Crippen LogP) is 3.73. The number of aromatic nitrogens is 3. The molecule has 1 amide bonds. The summed E-state index contributed by atoms with van der Waals surface area (Å²) in [6.45, 7) is 4.88. The van der Waals surface area contributed by atoms with Gasteiger partial charge in [-0.25, -0.2) is 0 Å². The molecule has 25 heavy (non-hydrogen) atoms. The molecule has 0 unspecified atom stereocenters. The van der Waals surface area contributed by atoms with Gasteiger partial charge in [0.15, 0.2) is 0 Å².